The van der Waals surface area contributed by atoms with E-state index in [1.165, 1.54) is 30.3 Å². The van der Waals surface area contributed by atoms with Crippen molar-refractivity contribution in [2.45, 2.75) is 50.9 Å². The number of alkyl halides is 3. The lowest BCUT2D eigenvalue weighted by molar-refractivity contribution is -0.152. The van der Waals surface area contributed by atoms with E-state index in [2.05, 4.69) is 10.3 Å². The first-order chi connectivity index (χ1) is 22.3. The van der Waals surface area contributed by atoms with Gasteiger partial charge in [-0.25, -0.2) is 9.59 Å². The second-order valence-corrected chi connectivity index (χ2v) is 11.9. The molecule has 13 heteroatoms. The number of fused-ring (bicyclic) bond motifs is 3. The van der Waals surface area contributed by atoms with E-state index in [-0.39, 0.29) is 48.0 Å². The number of hydrogen-bond donors (Lipinski definition) is 1. The van der Waals surface area contributed by atoms with Gasteiger partial charge in [-0.2, -0.15) is 13.2 Å². The quantitative estimate of drug-likeness (QED) is 0.176. The highest BCUT2D eigenvalue weighted by Crippen LogP contribution is 2.41. The molecule has 1 N–H and O–H groups in total. The molecule has 2 aliphatic heterocycles. The number of nitrogens with one attached hydrogen (secondary N) is 1. The lowest BCUT2D eigenvalue weighted by atomic mass is 9.94. The normalized spacial score (nSPS) is 16.0. The Morgan fingerprint density at radius 1 is 1.00 bits per heavy atom. The molecule has 1 aromatic heterocycles. The van der Waals surface area contributed by atoms with E-state index < -0.39 is 52.2 Å². The molecular weight excluding hydrogens is 621 g/mol. The first kappa shape index (κ1) is 31.6. The molecule has 0 radical (unpaired) electrons. The van der Waals surface area contributed by atoms with Gasteiger partial charge in [0.15, 0.2) is 11.5 Å². The van der Waals surface area contributed by atoms with Gasteiger partial charge in [-0.05, 0) is 68.7 Å². The largest absolute Gasteiger partial charge is 0.486 e. The number of para-hydroxylation sites is 1. The number of carbonyl (C=O) groups excluding carboxylic acids is 2. The van der Waals surface area contributed by atoms with Gasteiger partial charge in [0.2, 0.25) is 11.2 Å². The lowest BCUT2D eigenvalue weighted by Crippen LogP contribution is -2.46. The fourth-order valence-electron chi connectivity index (χ4n) is 5.36. The number of nitrogens with zero attached hydrogens (tertiary/aromatic N) is 1. The van der Waals surface area contributed by atoms with Crippen LogP contribution in [-0.2, 0) is 15.7 Å². The molecule has 10 nitrogen and oxygen atoms in total. The van der Waals surface area contributed by atoms with E-state index >= 15 is 0 Å². The Hall–Kier alpha value is -5.33. The van der Waals surface area contributed by atoms with Crippen LogP contribution < -0.4 is 25.0 Å². The summed E-state index contributed by atoms with van der Waals surface area (Å²) in [7, 11) is 0. The molecular formula is C34H29F3N2O8. The van der Waals surface area contributed by atoms with E-state index in [1.54, 1.807) is 27.0 Å². The molecule has 3 aromatic carbocycles. The number of benzene rings is 3. The summed E-state index contributed by atoms with van der Waals surface area (Å²) in [5.74, 6) is -2.46. The summed E-state index contributed by atoms with van der Waals surface area (Å²) in [5.41, 5.74) is -1.46. The summed E-state index contributed by atoms with van der Waals surface area (Å²) in [6.45, 7) is 5.48. The average molecular weight is 651 g/mol. The van der Waals surface area contributed by atoms with Crippen LogP contribution in [0.2, 0.25) is 0 Å². The van der Waals surface area contributed by atoms with Gasteiger partial charge in [0.05, 0.1) is 16.6 Å². The Balaban J connectivity index is 1.32. The number of halogens is 3. The maximum atomic E-state index is 14.3. The minimum atomic E-state index is -5.05. The fourth-order valence-corrected chi connectivity index (χ4v) is 5.36. The highest BCUT2D eigenvalue weighted by Gasteiger charge is 2.40. The molecule has 0 aliphatic carbocycles. The Morgan fingerprint density at radius 2 is 1.74 bits per heavy atom. The highest BCUT2D eigenvalue weighted by molar-refractivity contribution is 5.88. The third kappa shape index (κ3) is 6.79. The molecule has 0 saturated carbocycles. The topological polar surface area (TPSA) is 126 Å². The van der Waals surface area contributed by atoms with Crippen molar-refractivity contribution in [3.05, 3.63) is 82.2 Å². The zero-order chi connectivity index (χ0) is 33.5. The molecule has 3 heterocycles. The molecule has 47 heavy (non-hydrogen) atoms. The molecule has 0 saturated heterocycles. The molecule has 244 valence electrons. The van der Waals surface area contributed by atoms with Crippen LogP contribution in [0.3, 0.4) is 0 Å². The van der Waals surface area contributed by atoms with Crippen LogP contribution in [0.5, 0.6) is 17.2 Å². The molecule has 1 amide bonds. The molecule has 2 aliphatic rings. The Bertz CT molecular complexity index is 1960. The number of ether oxygens (including phenoxy) is 4. The summed E-state index contributed by atoms with van der Waals surface area (Å²) in [6, 6.07) is 13.6. The van der Waals surface area contributed by atoms with E-state index in [0.29, 0.717) is 5.75 Å². The first-order valence-corrected chi connectivity index (χ1v) is 14.7. The van der Waals surface area contributed by atoms with Gasteiger partial charge in [-0.1, -0.05) is 24.3 Å². The SMILES string of the molecule is CC(C)(C)OC(=O)NC(CC1C=Nc2ccccc21)C(=O)Oc1ccc2c(=O)c(-c3ccc4c(c3)OCCO4)c(C(F)(F)F)oc2c1. The van der Waals surface area contributed by atoms with Crippen molar-refractivity contribution in [2.24, 2.45) is 4.99 Å². The van der Waals surface area contributed by atoms with Crippen molar-refractivity contribution in [3.8, 4) is 28.4 Å². The van der Waals surface area contributed by atoms with Crippen molar-refractivity contribution < 1.29 is 46.1 Å². The Morgan fingerprint density at radius 3 is 2.49 bits per heavy atom. The van der Waals surface area contributed by atoms with E-state index in [1.807, 2.05) is 24.3 Å². The van der Waals surface area contributed by atoms with Crippen molar-refractivity contribution in [3.63, 3.8) is 0 Å². The van der Waals surface area contributed by atoms with E-state index in [0.717, 1.165) is 17.3 Å². The third-order valence-electron chi connectivity index (χ3n) is 7.37. The molecule has 4 aromatic rings. The molecule has 0 bridgehead atoms. The van der Waals surface area contributed by atoms with Gasteiger partial charge >= 0.3 is 18.2 Å². The van der Waals surface area contributed by atoms with E-state index in [9.17, 15) is 27.6 Å². The number of carbonyl (C=O) groups is 2. The smallest absolute Gasteiger partial charge is 0.450 e. The van der Waals surface area contributed by atoms with Gasteiger partial charge in [-0.15, -0.1) is 0 Å². The predicted molar refractivity (Wildman–Crippen MR) is 165 cm³/mol. The van der Waals surface area contributed by atoms with Gasteiger partial charge in [0, 0.05) is 18.2 Å². The number of esters is 1. The third-order valence-corrected chi connectivity index (χ3v) is 7.37. The van der Waals surface area contributed by atoms with Crippen LogP contribution in [0, 0.1) is 0 Å². The predicted octanol–water partition coefficient (Wildman–Crippen LogP) is 6.94. The fraction of sp³-hybridized carbons (Fsp3) is 0.294. The summed E-state index contributed by atoms with van der Waals surface area (Å²) >= 11 is 0. The minimum absolute atomic E-state index is 0.0539. The number of amides is 1. The molecule has 2 atom stereocenters. The van der Waals surface area contributed by atoms with Gasteiger partial charge in [-0.3, -0.25) is 9.79 Å². The van der Waals surface area contributed by atoms with Crippen molar-refractivity contribution in [1.29, 1.82) is 0 Å². The summed E-state index contributed by atoms with van der Waals surface area (Å²) < 4.78 is 70.0. The second-order valence-electron chi connectivity index (χ2n) is 11.9. The maximum absolute atomic E-state index is 14.3. The molecule has 2 unspecified atom stereocenters. The molecule has 0 fully saturated rings. The van der Waals surface area contributed by atoms with Crippen LogP contribution in [0.15, 0.2) is 74.9 Å². The van der Waals surface area contributed by atoms with Crippen molar-refractivity contribution in [1.82, 2.24) is 5.32 Å². The van der Waals surface area contributed by atoms with Gasteiger partial charge < -0.3 is 28.7 Å². The van der Waals surface area contributed by atoms with Crippen LogP contribution in [0.25, 0.3) is 22.1 Å². The van der Waals surface area contributed by atoms with E-state index in [4.69, 9.17) is 23.4 Å². The number of aliphatic imine (C=N–C) groups is 1. The van der Waals surface area contributed by atoms with Crippen LogP contribution >= 0.6 is 0 Å². The molecule has 0 spiro atoms. The second kappa shape index (κ2) is 12.1. The summed E-state index contributed by atoms with van der Waals surface area (Å²) in [4.78, 5) is 44.0. The van der Waals surface area contributed by atoms with Crippen LogP contribution in [-0.4, -0.2) is 43.1 Å². The minimum Gasteiger partial charge on any atom is -0.486 e. The Kier molecular flexibility index (Phi) is 8.16. The van der Waals surface area contributed by atoms with Crippen LogP contribution in [0.4, 0.5) is 23.7 Å². The zero-order valence-corrected chi connectivity index (χ0v) is 25.5. The summed E-state index contributed by atoms with van der Waals surface area (Å²) in [5, 5.41) is 2.36. The zero-order valence-electron chi connectivity index (χ0n) is 25.5. The first-order valence-electron chi connectivity index (χ1n) is 14.7. The number of hydrogen-bond acceptors (Lipinski definition) is 9. The van der Waals surface area contributed by atoms with Gasteiger partial charge in [0.25, 0.3) is 0 Å². The van der Waals surface area contributed by atoms with Gasteiger partial charge in [0.1, 0.15) is 36.2 Å². The number of alkyl carbamates (subject to hydrolysis) is 1. The standard InChI is InChI=1S/C34H29F3N2O8/c1-33(2,3)47-32(42)39-24(14-19-17-38-23-7-5-4-6-21(19)23)31(41)45-20-9-10-22-26(16-20)46-30(34(35,36)37)28(29(22)40)18-8-11-25-27(15-18)44-13-12-43-25/h4-11,15-17,19,24H,12-14H2,1-3H3,(H,39,42). The average Bonchev–Trinajstić information content (AvgIpc) is 3.41. The lowest BCUT2D eigenvalue weighted by Gasteiger charge is -2.24. The molecule has 6 rings (SSSR count). The van der Waals surface area contributed by atoms with Crippen molar-refractivity contribution in [2.75, 3.05) is 13.2 Å². The number of rotatable bonds is 6. The van der Waals surface area contributed by atoms with Crippen molar-refractivity contribution >= 4 is 34.9 Å². The highest BCUT2D eigenvalue weighted by atomic mass is 19.4. The monoisotopic (exact) mass is 650 g/mol. The Labute approximate surface area is 266 Å². The summed E-state index contributed by atoms with van der Waals surface area (Å²) in [6.07, 6.45) is -4.21. The van der Waals surface area contributed by atoms with Crippen LogP contribution in [0.1, 0.15) is 44.4 Å². The maximum Gasteiger partial charge on any atom is 0.450 e.